The lowest BCUT2D eigenvalue weighted by Gasteiger charge is -2.18. The van der Waals surface area contributed by atoms with E-state index >= 15 is 0 Å². The van der Waals surface area contributed by atoms with Crippen molar-refractivity contribution in [1.29, 1.82) is 0 Å². The molecule has 2 bridgehead atoms. The summed E-state index contributed by atoms with van der Waals surface area (Å²) in [5.74, 6) is -0.289. The molecule has 1 saturated carbocycles. The van der Waals surface area contributed by atoms with Gasteiger partial charge in [0.25, 0.3) is 0 Å². The number of carbonyl (C=O) groups is 3. The van der Waals surface area contributed by atoms with E-state index in [-0.39, 0.29) is 41.3 Å². The number of Topliss-reactive ketones (excluding diaryl/α,β-unsaturated/α-hetero) is 1. The number of hydrogen-bond donors (Lipinski definition) is 0. The normalized spacial score (nSPS) is 30.5. The summed E-state index contributed by atoms with van der Waals surface area (Å²) in [7, 11) is 3.67. The predicted octanol–water partition coefficient (Wildman–Crippen LogP) is 1.74. The van der Waals surface area contributed by atoms with Crippen molar-refractivity contribution in [3.63, 3.8) is 0 Å². The Morgan fingerprint density at radius 1 is 1.12 bits per heavy atom. The quantitative estimate of drug-likeness (QED) is 0.481. The number of rotatable bonds is 4. The Labute approximate surface area is 140 Å². The first-order valence-electron chi connectivity index (χ1n) is 8.31. The van der Waals surface area contributed by atoms with Gasteiger partial charge in [-0.05, 0) is 44.5 Å². The number of hydrogen-bond acceptors (Lipinski definition) is 4. The molecule has 4 atom stereocenters. The highest BCUT2D eigenvalue weighted by Gasteiger charge is 2.59. The zero-order valence-electron chi connectivity index (χ0n) is 13.8. The van der Waals surface area contributed by atoms with Crippen molar-refractivity contribution in [2.24, 2.45) is 23.7 Å². The van der Waals surface area contributed by atoms with Gasteiger partial charge in [-0.3, -0.25) is 14.4 Å². The van der Waals surface area contributed by atoms with E-state index in [2.05, 4.69) is 12.2 Å². The maximum atomic E-state index is 12.8. The summed E-state index contributed by atoms with van der Waals surface area (Å²) >= 11 is 0. The Hall–Kier alpha value is -2.27. The molecule has 24 heavy (non-hydrogen) atoms. The average molecular weight is 324 g/mol. The molecule has 1 heterocycles. The largest absolute Gasteiger partial charge is 0.302 e. The molecular weight excluding hydrogens is 304 g/mol. The van der Waals surface area contributed by atoms with Crippen LogP contribution in [0.25, 0.3) is 0 Å². The molecule has 5 nitrogen and oxygen atoms in total. The number of imide groups is 1. The van der Waals surface area contributed by atoms with Gasteiger partial charge in [0.05, 0.1) is 24.1 Å². The number of ketones is 1. The third-order valence-corrected chi connectivity index (χ3v) is 5.36. The Morgan fingerprint density at radius 2 is 1.75 bits per heavy atom. The van der Waals surface area contributed by atoms with E-state index in [9.17, 15) is 14.4 Å². The molecule has 0 spiro atoms. The first-order chi connectivity index (χ1) is 11.5. The van der Waals surface area contributed by atoms with Crippen molar-refractivity contribution >= 4 is 23.3 Å². The molecule has 3 aliphatic rings. The number of benzene rings is 1. The molecule has 1 aliphatic heterocycles. The zero-order chi connectivity index (χ0) is 17.0. The van der Waals surface area contributed by atoms with Crippen LogP contribution in [0.4, 0.5) is 5.69 Å². The lowest BCUT2D eigenvalue weighted by atomic mass is 9.85. The van der Waals surface area contributed by atoms with Gasteiger partial charge in [-0.1, -0.05) is 24.3 Å². The van der Waals surface area contributed by atoms with Crippen molar-refractivity contribution in [2.75, 3.05) is 25.5 Å². The molecular formula is C19H20N2O3. The molecule has 2 amide bonds. The van der Waals surface area contributed by atoms with Crippen LogP contribution in [-0.4, -0.2) is 43.1 Å². The summed E-state index contributed by atoms with van der Waals surface area (Å²) in [5.41, 5.74) is 1.04. The smallest absolute Gasteiger partial charge is 0.238 e. The third kappa shape index (κ3) is 2.15. The van der Waals surface area contributed by atoms with Gasteiger partial charge in [-0.25, -0.2) is 4.90 Å². The van der Waals surface area contributed by atoms with Crippen LogP contribution in [0.1, 0.15) is 16.8 Å². The highest BCUT2D eigenvalue weighted by molar-refractivity contribution is 6.23. The summed E-state index contributed by atoms with van der Waals surface area (Å²) < 4.78 is 0. The lowest BCUT2D eigenvalue weighted by Crippen LogP contribution is -2.33. The Kier molecular flexibility index (Phi) is 3.42. The molecule has 4 rings (SSSR count). The van der Waals surface area contributed by atoms with Crippen molar-refractivity contribution in [2.45, 2.75) is 6.42 Å². The first kappa shape index (κ1) is 15.3. The van der Waals surface area contributed by atoms with E-state index in [1.54, 1.807) is 29.2 Å². The van der Waals surface area contributed by atoms with Crippen molar-refractivity contribution < 1.29 is 14.4 Å². The molecule has 1 aromatic carbocycles. The van der Waals surface area contributed by atoms with E-state index in [0.717, 1.165) is 6.42 Å². The van der Waals surface area contributed by atoms with Crippen LogP contribution < -0.4 is 4.90 Å². The minimum absolute atomic E-state index is 0.0251. The minimum Gasteiger partial charge on any atom is -0.302 e. The van der Waals surface area contributed by atoms with Gasteiger partial charge in [0.1, 0.15) is 0 Å². The van der Waals surface area contributed by atoms with E-state index in [4.69, 9.17) is 0 Å². The Balaban J connectivity index is 1.64. The van der Waals surface area contributed by atoms with Gasteiger partial charge in [-0.2, -0.15) is 0 Å². The zero-order valence-corrected chi connectivity index (χ0v) is 13.8. The molecule has 124 valence electrons. The van der Waals surface area contributed by atoms with Crippen molar-refractivity contribution in [3.8, 4) is 0 Å². The maximum absolute atomic E-state index is 12.8. The number of carbonyl (C=O) groups excluding carboxylic acids is 3. The van der Waals surface area contributed by atoms with Crippen LogP contribution in [0, 0.1) is 23.7 Å². The summed E-state index contributed by atoms with van der Waals surface area (Å²) in [6, 6.07) is 6.86. The average Bonchev–Trinajstić information content (AvgIpc) is 3.21. The van der Waals surface area contributed by atoms with Crippen LogP contribution >= 0.6 is 0 Å². The van der Waals surface area contributed by atoms with Gasteiger partial charge in [0, 0.05) is 5.56 Å². The van der Waals surface area contributed by atoms with Gasteiger partial charge >= 0.3 is 0 Å². The number of anilines is 1. The van der Waals surface area contributed by atoms with Crippen molar-refractivity contribution in [1.82, 2.24) is 4.90 Å². The molecule has 2 fully saturated rings. The molecule has 4 unspecified atom stereocenters. The van der Waals surface area contributed by atoms with Crippen molar-refractivity contribution in [3.05, 3.63) is 42.0 Å². The van der Waals surface area contributed by atoms with Crippen LogP contribution in [0.3, 0.4) is 0 Å². The fraction of sp³-hybridized carbons (Fsp3) is 0.421. The summed E-state index contributed by atoms with van der Waals surface area (Å²) in [6.07, 6.45) is 5.08. The van der Waals surface area contributed by atoms with E-state index in [1.165, 1.54) is 4.90 Å². The molecule has 0 radical (unpaired) electrons. The van der Waals surface area contributed by atoms with E-state index in [1.807, 2.05) is 14.1 Å². The molecule has 1 aromatic rings. The van der Waals surface area contributed by atoms with Crippen LogP contribution in [-0.2, 0) is 9.59 Å². The van der Waals surface area contributed by atoms with Crippen LogP contribution in [0.2, 0.25) is 0 Å². The fourth-order valence-electron chi connectivity index (χ4n) is 4.35. The summed E-state index contributed by atoms with van der Waals surface area (Å²) in [4.78, 5) is 41.0. The second-order valence-corrected chi connectivity index (χ2v) is 7.22. The predicted molar refractivity (Wildman–Crippen MR) is 89.5 cm³/mol. The molecule has 5 heteroatoms. The summed E-state index contributed by atoms with van der Waals surface area (Å²) in [6.45, 7) is 0.296. The number of allylic oxidation sites excluding steroid dienone is 2. The Bertz CT molecular complexity index is 738. The van der Waals surface area contributed by atoms with Crippen LogP contribution in [0.5, 0.6) is 0 Å². The monoisotopic (exact) mass is 324 g/mol. The number of amides is 2. The number of nitrogens with zero attached hydrogens (tertiary/aromatic N) is 2. The standard InChI is InChI=1S/C19H20N2O3/c1-20(2)10-15(22)11-4-3-5-14(9-11)21-18(23)16-12-6-7-13(8-12)17(16)19(21)24/h3-7,9,12-13,16-17H,8,10H2,1-2H3. The van der Waals surface area contributed by atoms with E-state index < -0.39 is 0 Å². The van der Waals surface area contributed by atoms with Gasteiger partial charge in [0.2, 0.25) is 11.8 Å². The topological polar surface area (TPSA) is 57.7 Å². The molecule has 1 saturated heterocycles. The van der Waals surface area contributed by atoms with Gasteiger partial charge in [0.15, 0.2) is 5.78 Å². The molecule has 2 aliphatic carbocycles. The molecule has 0 aromatic heterocycles. The number of likely N-dealkylation sites (N-methyl/N-ethyl adjacent to an activating group) is 1. The lowest BCUT2D eigenvalue weighted by molar-refractivity contribution is -0.123. The second kappa shape index (κ2) is 5.38. The van der Waals surface area contributed by atoms with Gasteiger partial charge < -0.3 is 4.90 Å². The SMILES string of the molecule is CN(C)CC(=O)c1cccc(N2C(=O)C3C4C=CC(C4)C3C2=O)c1. The van der Waals surface area contributed by atoms with Crippen LogP contribution in [0.15, 0.2) is 36.4 Å². The minimum atomic E-state index is -0.214. The van der Waals surface area contributed by atoms with Gasteiger partial charge in [-0.15, -0.1) is 0 Å². The Morgan fingerprint density at radius 3 is 2.33 bits per heavy atom. The number of fused-ring (bicyclic) bond motifs is 5. The first-order valence-corrected chi connectivity index (χ1v) is 8.31. The maximum Gasteiger partial charge on any atom is 0.238 e. The fourth-order valence-corrected chi connectivity index (χ4v) is 4.35. The third-order valence-electron chi connectivity index (χ3n) is 5.36. The highest BCUT2D eigenvalue weighted by Crippen LogP contribution is 2.53. The molecule has 0 N–H and O–H groups in total. The highest BCUT2D eigenvalue weighted by atomic mass is 16.2. The second-order valence-electron chi connectivity index (χ2n) is 7.22. The summed E-state index contributed by atoms with van der Waals surface area (Å²) in [5, 5.41) is 0. The van der Waals surface area contributed by atoms with E-state index in [0.29, 0.717) is 17.8 Å².